The predicted molar refractivity (Wildman–Crippen MR) is 124 cm³/mol. The molecule has 1 saturated heterocycles. The average molecular weight is 487 g/mol. The topological polar surface area (TPSA) is 67.9 Å². The van der Waals surface area contributed by atoms with Crippen LogP contribution in [-0.2, 0) is 16.2 Å². The van der Waals surface area contributed by atoms with Crippen molar-refractivity contribution in [1.29, 1.82) is 0 Å². The van der Waals surface area contributed by atoms with Crippen molar-refractivity contribution >= 4 is 46.8 Å². The van der Waals surface area contributed by atoms with Gasteiger partial charge in [0.05, 0.1) is 12.8 Å². The molecule has 9 heteroatoms. The van der Waals surface area contributed by atoms with Crippen LogP contribution in [0.5, 0.6) is 11.5 Å². The lowest BCUT2D eigenvalue weighted by Crippen LogP contribution is -2.35. The van der Waals surface area contributed by atoms with E-state index in [9.17, 15) is 14.0 Å². The Bertz CT molecular complexity index is 1260. The fourth-order valence-electron chi connectivity index (χ4n) is 3.18. The van der Waals surface area contributed by atoms with E-state index < -0.39 is 17.6 Å². The number of nitrogens with one attached hydrogen (secondary N) is 1. The summed E-state index contributed by atoms with van der Waals surface area (Å²) in [5, 5.41) is 2.08. The molecule has 33 heavy (non-hydrogen) atoms. The molecule has 1 aliphatic heterocycles. The van der Waals surface area contributed by atoms with Gasteiger partial charge in [-0.15, -0.1) is 0 Å². The minimum atomic E-state index is -0.569. The van der Waals surface area contributed by atoms with Crippen LogP contribution in [-0.4, -0.2) is 18.9 Å². The van der Waals surface area contributed by atoms with Gasteiger partial charge < -0.3 is 9.47 Å². The van der Waals surface area contributed by atoms with Crippen LogP contribution >= 0.6 is 23.2 Å². The number of carbonyl (C=O) groups is 2. The van der Waals surface area contributed by atoms with Crippen LogP contribution in [0.25, 0.3) is 6.08 Å². The van der Waals surface area contributed by atoms with Crippen LogP contribution in [0.2, 0.25) is 10.0 Å². The molecule has 0 radical (unpaired) electrons. The summed E-state index contributed by atoms with van der Waals surface area (Å²) >= 11 is 12.1. The molecule has 1 aliphatic rings. The number of hydrogen-bond donors (Lipinski definition) is 1. The van der Waals surface area contributed by atoms with Crippen molar-refractivity contribution in [1.82, 2.24) is 5.43 Å². The molecule has 168 valence electrons. The molecule has 3 aromatic carbocycles. The van der Waals surface area contributed by atoms with Crippen molar-refractivity contribution in [2.75, 3.05) is 12.1 Å². The van der Waals surface area contributed by atoms with Crippen molar-refractivity contribution in [2.24, 2.45) is 0 Å². The first-order valence-electron chi connectivity index (χ1n) is 9.73. The summed E-state index contributed by atoms with van der Waals surface area (Å²) in [5.41, 5.74) is 4.07. The number of hydrazine groups is 1. The molecule has 1 fully saturated rings. The maximum atomic E-state index is 13.2. The van der Waals surface area contributed by atoms with Gasteiger partial charge in [-0.3, -0.25) is 15.0 Å². The zero-order chi connectivity index (χ0) is 23.5. The fourth-order valence-corrected chi connectivity index (χ4v) is 3.65. The third-order valence-electron chi connectivity index (χ3n) is 4.87. The molecule has 1 heterocycles. The zero-order valence-electron chi connectivity index (χ0n) is 17.3. The number of rotatable bonds is 6. The Morgan fingerprint density at radius 3 is 2.45 bits per heavy atom. The van der Waals surface area contributed by atoms with Gasteiger partial charge in [-0.1, -0.05) is 35.3 Å². The monoisotopic (exact) mass is 486 g/mol. The van der Waals surface area contributed by atoms with E-state index in [1.165, 1.54) is 37.5 Å². The number of nitrogens with zero attached hydrogens (tertiary/aromatic N) is 1. The molecule has 2 amide bonds. The molecule has 6 nitrogen and oxygen atoms in total. The number of ether oxygens (including phenoxy) is 2. The summed E-state index contributed by atoms with van der Waals surface area (Å²) in [6, 6.07) is 15.3. The summed E-state index contributed by atoms with van der Waals surface area (Å²) in [7, 11) is 1.48. The van der Waals surface area contributed by atoms with Gasteiger partial charge in [-0.25, -0.2) is 9.40 Å². The van der Waals surface area contributed by atoms with Crippen molar-refractivity contribution in [2.45, 2.75) is 6.61 Å². The highest BCUT2D eigenvalue weighted by atomic mass is 35.5. The number of hydrogen-bond acceptors (Lipinski definition) is 4. The highest BCUT2D eigenvalue weighted by Gasteiger charge is 2.34. The van der Waals surface area contributed by atoms with E-state index in [2.05, 4.69) is 5.43 Å². The van der Waals surface area contributed by atoms with E-state index >= 15 is 0 Å². The van der Waals surface area contributed by atoms with Crippen LogP contribution < -0.4 is 19.9 Å². The highest BCUT2D eigenvalue weighted by molar-refractivity contribution is 6.35. The molecular weight excluding hydrogens is 470 g/mol. The number of methoxy groups -OCH3 is 1. The van der Waals surface area contributed by atoms with Crippen molar-refractivity contribution in [3.8, 4) is 11.5 Å². The van der Waals surface area contributed by atoms with Crippen molar-refractivity contribution < 1.29 is 23.5 Å². The Balaban J connectivity index is 1.53. The minimum absolute atomic E-state index is 0.0667. The number of anilines is 1. The second kappa shape index (κ2) is 9.52. The largest absolute Gasteiger partial charge is 0.493 e. The SMILES string of the molecule is COc1cc(/C=C2/C(=O)NN(c3ccc(F)cc3)C2=O)ccc1OCc1ccc(Cl)cc1Cl. The Morgan fingerprint density at radius 2 is 1.76 bits per heavy atom. The lowest BCUT2D eigenvalue weighted by molar-refractivity contribution is -0.117. The zero-order valence-corrected chi connectivity index (χ0v) is 18.8. The average Bonchev–Trinajstić information content (AvgIpc) is 3.07. The Labute approximate surface area is 199 Å². The standard InChI is InChI=1S/C24H17Cl2FN2O4/c1-32-22-11-14(2-9-21(22)33-13-15-3-4-16(25)12-20(15)26)10-19-23(30)28-29(24(19)31)18-7-5-17(27)6-8-18/h2-12H,13H2,1H3,(H,28,30)/b19-10-. The molecule has 4 rings (SSSR count). The molecule has 0 bridgehead atoms. The first-order chi connectivity index (χ1) is 15.9. The Morgan fingerprint density at radius 1 is 1.00 bits per heavy atom. The van der Waals surface area contributed by atoms with Gasteiger partial charge in [0, 0.05) is 15.6 Å². The van der Waals surface area contributed by atoms with Gasteiger partial charge in [0.15, 0.2) is 11.5 Å². The number of benzene rings is 3. The fraction of sp³-hybridized carbons (Fsp3) is 0.0833. The second-order valence-corrected chi connectivity index (χ2v) is 7.89. The quantitative estimate of drug-likeness (QED) is 0.384. The smallest absolute Gasteiger partial charge is 0.282 e. The van der Waals surface area contributed by atoms with E-state index in [0.29, 0.717) is 32.8 Å². The van der Waals surface area contributed by atoms with E-state index in [-0.39, 0.29) is 12.2 Å². The van der Waals surface area contributed by atoms with Gasteiger partial charge in [0.25, 0.3) is 11.8 Å². The van der Waals surface area contributed by atoms with Crippen LogP contribution in [0.3, 0.4) is 0 Å². The Kier molecular flexibility index (Phi) is 6.53. The molecule has 0 unspecified atom stereocenters. The van der Waals surface area contributed by atoms with Gasteiger partial charge in [-0.2, -0.15) is 0 Å². The third-order valence-corrected chi connectivity index (χ3v) is 5.46. The maximum Gasteiger partial charge on any atom is 0.282 e. The molecular formula is C24H17Cl2FN2O4. The van der Waals surface area contributed by atoms with Crippen LogP contribution in [0, 0.1) is 5.82 Å². The van der Waals surface area contributed by atoms with Gasteiger partial charge >= 0.3 is 0 Å². The number of amides is 2. The molecule has 3 aromatic rings. The first kappa shape index (κ1) is 22.6. The lowest BCUT2D eigenvalue weighted by Gasteiger charge is -2.14. The van der Waals surface area contributed by atoms with Crippen molar-refractivity contribution in [3.05, 3.63) is 93.2 Å². The number of carbonyl (C=O) groups excluding carboxylic acids is 2. The third kappa shape index (κ3) is 4.94. The summed E-state index contributed by atoms with van der Waals surface area (Å²) in [6.45, 7) is 0.195. The molecule has 1 N–H and O–H groups in total. The van der Waals surface area contributed by atoms with Crippen LogP contribution in [0.1, 0.15) is 11.1 Å². The van der Waals surface area contributed by atoms with Crippen molar-refractivity contribution in [3.63, 3.8) is 0 Å². The van der Waals surface area contributed by atoms with E-state index in [4.69, 9.17) is 32.7 Å². The molecule has 0 spiro atoms. The van der Waals surface area contributed by atoms with E-state index in [1.54, 1.807) is 36.4 Å². The normalized spacial score (nSPS) is 14.5. The summed E-state index contributed by atoms with van der Waals surface area (Å²) < 4.78 is 24.4. The maximum absolute atomic E-state index is 13.2. The molecule has 0 saturated carbocycles. The van der Waals surface area contributed by atoms with Gasteiger partial charge in [0.1, 0.15) is 18.0 Å². The van der Waals surface area contributed by atoms with Crippen LogP contribution in [0.4, 0.5) is 10.1 Å². The summed E-state index contributed by atoms with van der Waals surface area (Å²) in [5.74, 6) is -0.694. The summed E-state index contributed by atoms with van der Waals surface area (Å²) in [6.07, 6.45) is 1.45. The molecule has 0 atom stereocenters. The summed E-state index contributed by atoms with van der Waals surface area (Å²) in [4.78, 5) is 25.1. The number of halogens is 3. The van der Waals surface area contributed by atoms with Gasteiger partial charge in [0.2, 0.25) is 0 Å². The lowest BCUT2D eigenvalue weighted by atomic mass is 10.1. The van der Waals surface area contributed by atoms with Gasteiger partial charge in [-0.05, 0) is 60.2 Å². The first-order valence-corrected chi connectivity index (χ1v) is 10.5. The minimum Gasteiger partial charge on any atom is -0.493 e. The molecule has 0 aromatic heterocycles. The van der Waals surface area contributed by atoms with Crippen LogP contribution in [0.15, 0.2) is 66.2 Å². The Hall–Kier alpha value is -3.55. The van der Waals surface area contributed by atoms with E-state index in [0.717, 1.165) is 10.6 Å². The highest BCUT2D eigenvalue weighted by Crippen LogP contribution is 2.31. The second-order valence-electron chi connectivity index (χ2n) is 7.05. The van der Waals surface area contributed by atoms with E-state index in [1.807, 2.05) is 0 Å². The molecule has 0 aliphatic carbocycles. The predicted octanol–water partition coefficient (Wildman–Crippen LogP) is 5.18.